The Balaban J connectivity index is 2.14. The Morgan fingerprint density at radius 2 is 1.60 bits per heavy atom. The van der Waals surface area contributed by atoms with Gasteiger partial charge in [-0.05, 0) is 12.1 Å². The molecule has 2 aromatic rings. The average Bonchev–Trinajstić information content (AvgIpc) is 2.77. The van der Waals surface area contributed by atoms with Crippen LogP contribution in [0.15, 0.2) is 46.4 Å². The standard InChI is InChI=1S/C14H8F3N3/c15-9-5-6-10(12(17)11(9)16)19-14-8-4-2-1-3-7(8)13(18)20-14/h1-6H,(H2,18,19,20). The summed E-state index contributed by atoms with van der Waals surface area (Å²) in [6, 6.07) is 8.86. The van der Waals surface area contributed by atoms with Gasteiger partial charge < -0.3 is 5.73 Å². The zero-order chi connectivity index (χ0) is 14.3. The average molecular weight is 275 g/mol. The smallest absolute Gasteiger partial charge is 0.196 e. The van der Waals surface area contributed by atoms with Gasteiger partial charge in [0, 0.05) is 11.1 Å². The molecule has 0 spiro atoms. The zero-order valence-corrected chi connectivity index (χ0v) is 10.1. The quantitative estimate of drug-likeness (QED) is 0.799. The second kappa shape index (κ2) is 4.48. The molecule has 0 saturated heterocycles. The van der Waals surface area contributed by atoms with Gasteiger partial charge in [0.15, 0.2) is 23.3 Å². The summed E-state index contributed by atoms with van der Waals surface area (Å²) in [6.07, 6.45) is 0. The number of rotatable bonds is 1. The molecule has 0 bridgehead atoms. The number of halogens is 3. The molecule has 0 radical (unpaired) electrons. The third-order valence-electron chi connectivity index (χ3n) is 2.91. The SMILES string of the molecule is NC1=NC(=Nc2ccc(F)c(F)c2F)c2ccccc21. The predicted octanol–water partition coefficient (Wildman–Crippen LogP) is 2.90. The van der Waals surface area contributed by atoms with Crippen molar-refractivity contribution in [2.24, 2.45) is 15.7 Å². The highest BCUT2D eigenvalue weighted by Crippen LogP contribution is 2.25. The molecule has 100 valence electrons. The van der Waals surface area contributed by atoms with Crippen LogP contribution in [0.5, 0.6) is 0 Å². The third kappa shape index (κ3) is 1.85. The van der Waals surface area contributed by atoms with Crippen LogP contribution in [0.25, 0.3) is 0 Å². The Morgan fingerprint density at radius 3 is 2.35 bits per heavy atom. The molecule has 0 unspecified atom stereocenters. The van der Waals surface area contributed by atoms with Crippen LogP contribution in [0, 0.1) is 17.5 Å². The van der Waals surface area contributed by atoms with E-state index >= 15 is 0 Å². The molecule has 3 nitrogen and oxygen atoms in total. The van der Waals surface area contributed by atoms with Crippen molar-refractivity contribution in [1.29, 1.82) is 0 Å². The van der Waals surface area contributed by atoms with Crippen molar-refractivity contribution in [1.82, 2.24) is 0 Å². The van der Waals surface area contributed by atoms with Gasteiger partial charge >= 0.3 is 0 Å². The van der Waals surface area contributed by atoms with Crippen LogP contribution in [-0.2, 0) is 0 Å². The Hall–Kier alpha value is -2.63. The monoisotopic (exact) mass is 275 g/mol. The minimum Gasteiger partial charge on any atom is -0.383 e. The molecule has 1 heterocycles. The van der Waals surface area contributed by atoms with Crippen molar-refractivity contribution >= 4 is 17.4 Å². The van der Waals surface area contributed by atoms with E-state index in [2.05, 4.69) is 9.98 Å². The van der Waals surface area contributed by atoms with Crippen molar-refractivity contribution in [2.75, 3.05) is 0 Å². The van der Waals surface area contributed by atoms with Gasteiger partial charge in [0.25, 0.3) is 0 Å². The summed E-state index contributed by atoms with van der Waals surface area (Å²) in [5.74, 6) is -3.75. The Morgan fingerprint density at radius 1 is 0.900 bits per heavy atom. The van der Waals surface area contributed by atoms with E-state index < -0.39 is 17.5 Å². The molecule has 0 fully saturated rings. The van der Waals surface area contributed by atoms with Gasteiger partial charge in [-0.2, -0.15) is 0 Å². The van der Waals surface area contributed by atoms with Crippen LogP contribution in [-0.4, -0.2) is 11.7 Å². The fraction of sp³-hybridized carbons (Fsp3) is 0. The molecule has 2 N–H and O–H groups in total. The lowest BCUT2D eigenvalue weighted by Gasteiger charge is -2.01. The minimum absolute atomic E-state index is 0.169. The largest absolute Gasteiger partial charge is 0.383 e. The van der Waals surface area contributed by atoms with E-state index in [1.165, 1.54) is 0 Å². The fourth-order valence-corrected chi connectivity index (χ4v) is 1.94. The van der Waals surface area contributed by atoms with E-state index in [0.29, 0.717) is 11.1 Å². The van der Waals surface area contributed by atoms with E-state index in [9.17, 15) is 13.2 Å². The van der Waals surface area contributed by atoms with E-state index in [-0.39, 0.29) is 17.4 Å². The highest BCUT2D eigenvalue weighted by atomic mass is 19.2. The summed E-state index contributed by atoms with van der Waals surface area (Å²) in [5.41, 5.74) is 6.69. The number of hydrogen-bond donors (Lipinski definition) is 1. The Kier molecular flexibility index (Phi) is 2.78. The van der Waals surface area contributed by atoms with Gasteiger partial charge in [-0.3, -0.25) is 0 Å². The first-order valence-electron chi connectivity index (χ1n) is 5.74. The lowest BCUT2D eigenvalue weighted by molar-refractivity contribution is 0.448. The first kappa shape index (κ1) is 12.4. The maximum Gasteiger partial charge on any atom is 0.196 e. The summed E-state index contributed by atoms with van der Waals surface area (Å²) in [7, 11) is 0. The molecular weight excluding hydrogens is 267 g/mol. The molecule has 2 aromatic carbocycles. The molecule has 3 rings (SSSR count). The van der Waals surface area contributed by atoms with Gasteiger partial charge in [-0.25, -0.2) is 23.2 Å². The second-order valence-electron chi connectivity index (χ2n) is 4.17. The number of fused-ring (bicyclic) bond motifs is 1. The van der Waals surface area contributed by atoms with Crippen molar-refractivity contribution in [3.63, 3.8) is 0 Å². The molecule has 20 heavy (non-hydrogen) atoms. The number of aliphatic imine (C=N–C) groups is 2. The van der Waals surface area contributed by atoms with Crippen LogP contribution in [0.3, 0.4) is 0 Å². The third-order valence-corrected chi connectivity index (χ3v) is 2.91. The maximum atomic E-state index is 13.6. The molecule has 6 heteroatoms. The van der Waals surface area contributed by atoms with E-state index in [4.69, 9.17) is 5.73 Å². The number of nitrogens with two attached hydrogens (primary N) is 1. The normalized spacial score (nSPS) is 15.3. The lowest BCUT2D eigenvalue weighted by Crippen LogP contribution is -2.09. The molecular formula is C14H8F3N3. The fourth-order valence-electron chi connectivity index (χ4n) is 1.94. The number of hydrogen-bond acceptors (Lipinski definition) is 2. The van der Waals surface area contributed by atoms with Crippen molar-refractivity contribution in [3.8, 4) is 0 Å². The van der Waals surface area contributed by atoms with E-state index in [0.717, 1.165) is 12.1 Å². The van der Waals surface area contributed by atoms with Crippen LogP contribution in [0.2, 0.25) is 0 Å². The molecule has 0 atom stereocenters. The summed E-state index contributed by atoms with van der Waals surface area (Å²) in [5, 5.41) is 0. The number of benzene rings is 2. The lowest BCUT2D eigenvalue weighted by atomic mass is 10.1. The summed E-state index contributed by atoms with van der Waals surface area (Å²) >= 11 is 0. The molecule has 0 saturated carbocycles. The molecule has 0 amide bonds. The predicted molar refractivity (Wildman–Crippen MR) is 69.7 cm³/mol. The summed E-state index contributed by atoms with van der Waals surface area (Å²) in [6.45, 7) is 0. The van der Waals surface area contributed by atoms with Gasteiger partial charge in [0.1, 0.15) is 11.5 Å². The van der Waals surface area contributed by atoms with Crippen molar-refractivity contribution in [3.05, 3.63) is 65.0 Å². The summed E-state index contributed by atoms with van der Waals surface area (Å²) in [4.78, 5) is 7.93. The maximum absolute atomic E-state index is 13.6. The molecule has 1 aliphatic heterocycles. The van der Waals surface area contributed by atoms with Crippen LogP contribution in [0.4, 0.5) is 18.9 Å². The molecule has 0 aliphatic carbocycles. The van der Waals surface area contributed by atoms with Gasteiger partial charge in [-0.1, -0.05) is 24.3 Å². The highest BCUT2D eigenvalue weighted by molar-refractivity contribution is 6.22. The van der Waals surface area contributed by atoms with Gasteiger partial charge in [0.05, 0.1) is 0 Å². The van der Waals surface area contributed by atoms with E-state index in [1.807, 2.05) is 0 Å². The van der Waals surface area contributed by atoms with Gasteiger partial charge in [-0.15, -0.1) is 0 Å². The first-order chi connectivity index (χ1) is 9.58. The number of amidine groups is 2. The van der Waals surface area contributed by atoms with Crippen LogP contribution < -0.4 is 5.73 Å². The minimum atomic E-state index is -1.56. The molecule has 0 aromatic heterocycles. The highest BCUT2D eigenvalue weighted by Gasteiger charge is 2.20. The van der Waals surface area contributed by atoms with Crippen LogP contribution in [0.1, 0.15) is 11.1 Å². The van der Waals surface area contributed by atoms with Crippen LogP contribution >= 0.6 is 0 Å². The number of nitrogens with zero attached hydrogens (tertiary/aromatic N) is 2. The van der Waals surface area contributed by atoms with Crippen molar-refractivity contribution < 1.29 is 13.2 Å². The zero-order valence-electron chi connectivity index (χ0n) is 10.1. The Labute approximate surface area is 112 Å². The van der Waals surface area contributed by atoms with Crippen molar-refractivity contribution in [2.45, 2.75) is 0 Å². The summed E-state index contributed by atoms with van der Waals surface area (Å²) < 4.78 is 39.6. The Bertz CT molecular complexity index is 766. The topological polar surface area (TPSA) is 50.7 Å². The van der Waals surface area contributed by atoms with E-state index in [1.54, 1.807) is 24.3 Å². The second-order valence-corrected chi connectivity index (χ2v) is 4.17. The van der Waals surface area contributed by atoms with Gasteiger partial charge in [0.2, 0.25) is 0 Å². The molecule has 1 aliphatic rings. The first-order valence-corrected chi connectivity index (χ1v) is 5.74.